The van der Waals surface area contributed by atoms with Gasteiger partial charge < -0.3 is 10.2 Å². The molecule has 1 aromatic heterocycles. The van der Waals surface area contributed by atoms with Crippen molar-refractivity contribution in [3.8, 4) is 0 Å². The van der Waals surface area contributed by atoms with E-state index in [0.29, 0.717) is 0 Å². The molecular formula is C13H19N3. The molecule has 1 saturated carbocycles. The second-order valence-corrected chi connectivity index (χ2v) is 4.95. The van der Waals surface area contributed by atoms with Crippen molar-refractivity contribution in [3.63, 3.8) is 0 Å². The number of nitrogens with zero attached hydrogens (tertiary/aromatic N) is 2. The molecule has 1 aliphatic carbocycles. The molecule has 0 spiro atoms. The van der Waals surface area contributed by atoms with Crippen molar-refractivity contribution in [1.82, 2.24) is 10.3 Å². The van der Waals surface area contributed by atoms with E-state index >= 15 is 0 Å². The van der Waals surface area contributed by atoms with Gasteiger partial charge in [0.2, 0.25) is 0 Å². The maximum absolute atomic E-state index is 4.10. The molecule has 1 N–H and O–H groups in total. The van der Waals surface area contributed by atoms with Gasteiger partial charge in [-0.15, -0.1) is 0 Å². The van der Waals surface area contributed by atoms with Gasteiger partial charge in [-0.3, -0.25) is 4.98 Å². The Morgan fingerprint density at radius 3 is 2.69 bits per heavy atom. The summed E-state index contributed by atoms with van der Waals surface area (Å²) in [6, 6.07) is 5.07. The van der Waals surface area contributed by atoms with Crippen molar-refractivity contribution < 1.29 is 0 Å². The summed E-state index contributed by atoms with van der Waals surface area (Å²) in [5.41, 5.74) is 1.35. The topological polar surface area (TPSA) is 28.2 Å². The number of aromatic nitrogens is 1. The maximum atomic E-state index is 4.10. The summed E-state index contributed by atoms with van der Waals surface area (Å²) < 4.78 is 0. The Morgan fingerprint density at radius 1 is 1.25 bits per heavy atom. The van der Waals surface area contributed by atoms with Gasteiger partial charge in [0.15, 0.2) is 0 Å². The van der Waals surface area contributed by atoms with E-state index in [-0.39, 0.29) is 0 Å². The second kappa shape index (κ2) is 4.42. The summed E-state index contributed by atoms with van der Waals surface area (Å²) in [4.78, 5) is 6.68. The minimum absolute atomic E-state index is 0.794. The van der Waals surface area contributed by atoms with Gasteiger partial charge in [0.25, 0.3) is 0 Å². The van der Waals surface area contributed by atoms with E-state index in [9.17, 15) is 0 Å². The van der Waals surface area contributed by atoms with Crippen LogP contribution in [0.3, 0.4) is 0 Å². The highest BCUT2D eigenvalue weighted by Gasteiger charge is 2.31. The zero-order chi connectivity index (χ0) is 10.8. The number of rotatable bonds is 4. The van der Waals surface area contributed by atoms with Crippen LogP contribution in [0.1, 0.15) is 19.3 Å². The number of nitrogens with one attached hydrogen (secondary N) is 1. The minimum Gasteiger partial charge on any atom is -0.368 e. The Morgan fingerprint density at radius 2 is 2.06 bits per heavy atom. The van der Waals surface area contributed by atoms with Crippen molar-refractivity contribution in [3.05, 3.63) is 24.5 Å². The van der Waals surface area contributed by atoms with Crippen LogP contribution in [-0.4, -0.2) is 30.7 Å². The monoisotopic (exact) mass is 217 g/mol. The average Bonchev–Trinajstić information content (AvgIpc) is 3.05. The first kappa shape index (κ1) is 10.1. The van der Waals surface area contributed by atoms with Crippen molar-refractivity contribution >= 4 is 5.69 Å². The van der Waals surface area contributed by atoms with Crippen LogP contribution in [0.25, 0.3) is 0 Å². The molecule has 3 nitrogen and oxygen atoms in total. The van der Waals surface area contributed by atoms with Gasteiger partial charge in [0.05, 0.1) is 0 Å². The van der Waals surface area contributed by atoms with Crippen LogP contribution >= 0.6 is 0 Å². The molecule has 0 bridgehead atoms. The van der Waals surface area contributed by atoms with Crippen LogP contribution < -0.4 is 10.2 Å². The molecule has 0 aromatic carbocycles. The molecule has 1 unspecified atom stereocenters. The van der Waals surface area contributed by atoms with E-state index in [1.807, 2.05) is 12.4 Å². The number of hydrogen-bond donors (Lipinski definition) is 1. The third-order valence-corrected chi connectivity index (χ3v) is 3.60. The van der Waals surface area contributed by atoms with Crippen molar-refractivity contribution in [1.29, 1.82) is 0 Å². The predicted molar refractivity (Wildman–Crippen MR) is 65.6 cm³/mol. The fourth-order valence-electron chi connectivity index (χ4n) is 2.54. The van der Waals surface area contributed by atoms with Gasteiger partial charge in [0.1, 0.15) is 0 Å². The number of pyridine rings is 1. The fraction of sp³-hybridized carbons (Fsp3) is 0.615. The Bertz CT molecular complexity index is 328. The Balaban J connectivity index is 1.71. The summed E-state index contributed by atoms with van der Waals surface area (Å²) in [5, 5.41) is 3.45. The van der Waals surface area contributed by atoms with Crippen LogP contribution in [0.15, 0.2) is 24.5 Å². The van der Waals surface area contributed by atoms with E-state index in [2.05, 4.69) is 27.3 Å². The van der Waals surface area contributed by atoms with Crippen molar-refractivity contribution in [2.75, 3.05) is 24.5 Å². The number of anilines is 1. The van der Waals surface area contributed by atoms with Crippen LogP contribution in [0.4, 0.5) is 5.69 Å². The second-order valence-electron chi connectivity index (χ2n) is 4.95. The zero-order valence-corrected chi connectivity index (χ0v) is 9.60. The Hall–Kier alpha value is -1.09. The van der Waals surface area contributed by atoms with Gasteiger partial charge in [0, 0.05) is 30.7 Å². The highest BCUT2D eigenvalue weighted by molar-refractivity contribution is 5.47. The normalized spacial score (nSPS) is 24.6. The molecule has 2 heterocycles. The largest absolute Gasteiger partial charge is 0.368 e. The van der Waals surface area contributed by atoms with Crippen LogP contribution in [0.2, 0.25) is 0 Å². The zero-order valence-electron chi connectivity index (χ0n) is 9.60. The summed E-state index contributed by atoms with van der Waals surface area (Å²) in [7, 11) is 0. The molecule has 3 heteroatoms. The SMILES string of the molecule is c1cc(N(CC2CCNC2)C2CC2)ccn1. The van der Waals surface area contributed by atoms with E-state index in [0.717, 1.165) is 12.0 Å². The molecule has 86 valence electrons. The smallest absolute Gasteiger partial charge is 0.0399 e. The van der Waals surface area contributed by atoms with E-state index in [4.69, 9.17) is 0 Å². The third-order valence-electron chi connectivity index (χ3n) is 3.60. The van der Waals surface area contributed by atoms with E-state index < -0.39 is 0 Å². The first-order valence-electron chi connectivity index (χ1n) is 6.31. The molecule has 1 aliphatic heterocycles. The molecule has 16 heavy (non-hydrogen) atoms. The third kappa shape index (κ3) is 2.19. The molecular weight excluding hydrogens is 198 g/mol. The van der Waals surface area contributed by atoms with Gasteiger partial charge in [-0.25, -0.2) is 0 Å². The highest BCUT2D eigenvalue weighted by atomic mass is 15.2. The van der Waals surface area contributed by atoms with Crippen LogP contribution in [-0.2, 0) is 0 Å². The highest BCUT2D eigenvalue weighted by Crippen LogP contribution is 2.32. The molecule has 0 radical (unpaired) electrons. The maximum Gasteiger partial charge on any atom is 0.0399 e. The summed E-state index contributed by atoms with van der Waals surface area (Å²) >= 11 is 0. The molecule has 3 rings (SSSR count). The Labute approximate surface area is 96.9 Å². The van der Waals surface area contributed by atoms with Gasteiger partial charge >= 0.3 is 0 Å². The van der Waals surface area contributed by atoms with Crippen molar-refractivity contribution in [2.24, 2.45) is 5.92 Å². The fourth-order valence-corrected chi connectivity index (χ4v) is 2.54. The molecule has 1 saturated heterocycles. The van der Waals surface area contributed by atoms with Crippen LogP contribution in [0, 0.1) is 5.92 Å². The summed E-state index contributed by atoms with van der Waals surface area (Å²) in [5.74, 6) is 0.828. The van der Waals surface area contributed by atoms with Gasteiger partial charge in [-0.2, -0.15) is 0 Å². The van der Waals surface area contributed by atoms with Gasteiger partial charge in [-0.1, -0.05) is 0 Å². The lowest BCUT2D eigenvalue weighted by molar-refractivity contribution is 0.557. The number of hydrogen-bond acceptors (Lipinski definition) is 3. The molecule has 2 fully saturated rings. The summed E-state index contributed by atoms with van der Waals surface area (Å²) in [6.07, 6.45) is 7.86. The molecule has 1 atom stereocenters. The molecule has 1 aromatic rings. The van der Waals surface area contributed by atoms with E-state index in [1.165, 1.54) is 44.6 Å². The lowest BCUT2D eigenvalue weighted by Crippen LogP contribution is -2.32. The summed E-state index contributed by atoms with van der Waals surface area (Å²) in [6.45, 7) is 3.59. The van der Waals surface area contributed by atoms with Crippen LogP contribution in [0.5, 0.6) is 0 Å². The quantitative estimate of drug-likeness (QED) is 0.831. The van der Waals surface area contributed by atoms with Gasteiger partial charge in [-0.05, 0) is 50.4 Å². The molecule has 2 aliphatic rings. The first-order chi connectivity index (χ1) is 7.93. The Kier molecular flexibility index (Phi) is 2.79. The first-order valence-corrected chi connectivity index (χ1v) is 6.31. The standard InChI is InChI=1S/C13H19N3/c1-2-12(1)16(10-11-3-6-15-9-11)13-4-7-14-8-5-13/h4-5,7-8,11-12,15H,1-3,6,9-10H2. The minimum atomic E-state index is 0.794. The molecule has 0 amide bonds. The lowest BCUT2D eigenvalue weighted by Gasteiger charge is -2.27. The van der Waals surface area contributed by atoms with E-state index in [1.54, 1.807) is 0 Å². The average molecular weight is 217 g/mol. The predicted octanol–water partition coefficient (Wildman–Crippen LogP) is 1.66. The van der Waals surface area contributed by atoms with Crippen molar-refractivity contribution in [2.45, 2.75) is 25.3 Å². The lowest BCUT2D eigenvalue weighted by atomic mass is 10.1.